The number of amides is 1. The molecule has 2 N–H and O–H groups in total. The van der Waals surface area contributed by atoms with Gasteiger partial charge < -0.3 is 10.4 Å². The fraction of sp³-hybridized carbons (Fsp3) is 0.400. The van der Waals surface area contributed by atoms with E-state index in [0.717, 1.165) is 0 Å². The maximum Gasteiger partial charge on any atom is 0.225 e. The number of hydrogen-bond acceptors (Lipinski definition) is 3. The first-order chi connectivity index (χ1) is 6.58. The number of rotatable bonds is 3. The molecule has 1 heterocycles. The predicted octanol–water partition coefficient (Wildman–Crippen LogP) is 1.77. The molecule has 1 rings (SSSR count). The minimum absolute atomic E-state index is 0.0572. The van der Waals surface area contributed by atoms with Crippen LogP contribution in [-0.2, 0) is 4.79 Å². The van der Waals surface area contributed by atoms with Gasteiger partial charge in [0.25, 0.3) is 0 Å². The van der Waals surface area contributed by atoms with Crippen LogP contribution in [0.2, 0.25) is 0 Å². The zero-order valence-corrected chi connectivity index (χ0v) is 8.32. The van der Waals surface area contributed by atoms with Crippen molar-refractivity contribution in [2.45, 2.75) is 20.3 Å². The molecule has 1 aromatic rings. The lowest BCUT2D eigenvalue weighted by Crippen LogP contribution is -2.14. The molecule has 76 valence electrons. The summed E-state index contributed by atoms with van der Waals surface area (Å²) in [7, 11) is 0. The summed E-state index contributed by atoms with van der Waals surface area (Å²) >= 11 is 0. The lowest BCUT2D eigenvalue weighted by Gasteiger charge is -2.05. The number of carbonyl (C=O) groups is 1. The van der Waals surface area contributed by atoms with E-state index < -0.39 is 0 Å². The molecule has 1 amide bonds. The molecule has 0 aliphatic rings. The molecule has 0 saturated heterocycles. The minimum atomic E-state index is -0.0572. The Hall–Kier alpha value is -1.58. The van der Waals surface area contributed by atoms with Crippen LogP contribution >= 0.6 is 0 Å². The minimum Gasteiger partial charge on any atom is -0.506 e. The van der Waals surface area contributed by atoms with Gasteiger partial charge in [0.2, 0.25) is 5.91 Å². The Morgan fingerprint density at radius 1 is 1.57 bits per heavy atom. The maximum absolute atomic E-state index is 11.3. The van der Waals surface area contributed by atoms with Crippen LogP contribution in [0.1, 0.15) is 20.3 Å². The van der Waals surface area contributed by atoms with E-state index >= 15 is 0 Å². The van der Waals surface area contributed by atoms with Gasteiger partial charge in [0.1, 0.15) is 11.6 Å². The zero-order chi connectivity index (χ0) is 10.6. The van der Waals surface area contributed by atoms with Crippen LogP contribution in [0.25, 0.3) is 0 Å². The van der Waals surface area contributed by atoms with Crippen molar-refractivity contribution in [3.63, 3.8) is 0 Å². The predicted molar refractivity (Wildman–Crippen MR) is 54.0 cm³/mol. The van der Waals surface area contributed by atoms with Gasteiger partial charge in [-0.3, -0.25) is 4.79 Å². The molecule has 14 heavy (non-hydrogen) atoms. The Bertz CT molecular complexity index is 306. The van der Waals surface area contributed by atoms with E-state index in [1.807, 2.05) is 13.8 Å². The smallest absolute Gasteiger partial charge is 0.225 e. The summed E-state index contributed by atoms with van der Waals surface area (Å²) in [6.07, 6.45) is 1.77. The monoisotopic (exact) mass is 194 g/mol. The van der Waals surface area contributed by atoms with Gasteiger partial charge >= 0.3 is 0 Å². The van der Waals surface area contributed by atoms with Crippen LogP contribution in [-0.4, -0.2) is 16.0 Å². The number of nitrogens with zero attached hydrogens (tertiary/aromatic N) is 1. The highest BCUT2D eigenvalue weighted by atomic mass is 16.3. The highest BCUT2D eigenvalue weighted by Gasteiger charge is 2.05. The van der Waals surface area contributed by atoms with Crippen LogP contribution in [0.5, 0.6) is 5.75 Å². The molecule has 0 aromatic carbocycles. The van der Waals surface area contributed by atoms with Gasteiger partial charge in [0.05, 0.1) is 6.20 Å². The van der Waals surface area contributed by atoms with Crippen molar-refractivity contribution in [2.24, 2.45) is 5.92 Å². The first-order valence-electron chi connectivity index (χ1n) is 4.53. The number of anilines is 1. The quantitative estimate of drug-likeness (QED) is 0.770. The first kappa shape index (κ1) is 10.5. The third-order valence-corrected chi connectivity index (χ3v) is 1.61. The number of nitrogens with one attached hydrogen (secondary N) is 1. The lowest BCUT2D eigenvalue weighted by molar-refractivity contribution is -0.116. The van der Waals surface area contributed by atoms with Crippen molar-refractivity contribution in [2.75, 3.05) is 5.32 Å². The standard InChI is InChI=1S/C10H14N2O2/c1-7(2)5-10(14)12-9-4-3-8(13)6-11-9/h3-4,6-7,13H,5H2,1-2H3,(H,11,12,14). The first-order valence-corrected chi connectivity index (χ1v) is 4.53. The third kappa shape index (κ3) is 3.43. The van der Waals surface area contributed by atoms with Crippen molar-refractivity contribution in [3.8, 4) is 5.75 Å². The van der Waals surface area contributed by atoms with Crippen LogP contribution < -0.4 is 5.32 Å². The Kier molecular flexibility index (Phi) is 3.45. The Morgan fingerprint density at radius 3 is 2.79 bits per heavy atom. The fourth-order valence-corrected chi connectivity index (χ4v) is 1.02. The number of hydrogen-bond donors (Lipinski definition) is 2. The van der Waals surface area contributed by atoms with Crippen LogP contribution in [0, 0.1) is 5.92 Å². The number of aromatic nitrogens is 1. The number of pyridine rings is 1. The molecule has 0 fully saturated rings. The van der Waals surface area contributed by atoms with Crippen molar-refractivity contribution in [1.29, 1.82) is 0 Å². The summed E-state index contributed by atoms with van der Waals surface area (Å²) in [6, 6.07) is 3.05. The molecule has 0 bridgehead atoms. The molecule has 1 aromatic heterocycles. The maximum atomic E-state index is 11.3. The average Bonchev–Trinajstić information content (AvgIpc) is 2.07. The molecule has 0 unspecified atom stereocenters. The average molecular weight is 194 g/mol. The summed E-state index contributed by atoms with van der Waals surface area (Å²) in [5.74, 6) is 0.825. The topological polar surface area (TPSA) is 62.2 Å². The van der Waals surface area contributed by atoms with Crippen molar-refractivity contribution >= 4 is 11.7 Å². The zero-order valence-electron chi connectivity index (χ0n) is 8.32. The van der Waals surface area contributed by atoms with E-state index in [1.54, 1.807) is 6.07 Å². The molecule has 0 saturated carbocycles. The van der Waals surface area contributed by atoms with Crippen molar-refractivity contribution in [3.05, 3.63) is 18.3 Å². The second-order valence-electron chi connectivity index (χ2n) is 3.55. The van der Waals surface area contributed by atoms with Gasteiger partial charge in [-0.15, -0.1) is 0 Å². The van der Waals surface area contributed by atoms with Crippen molar-refractivity contribution in [1.82, 2.24) is 4.98 Å². The molecular weight excluding hydrogens is 180 g/mol. The molecule has 4 heteroatoms. The fourth-order valence-electron chi connectivity index (χ4n) is 1.02. The molecule has 0 atom stereocenters. The second-order valence-corrected chi connectivity index (χ2v) is 3.55. The molecular formula is C10H14N2O2. The third-order valence-electron chi connectivity index (χ3n) is 1.61. The normalized spacial score (nSPS) is 10.2. The summed E-state index contributed by atoms with van der Waals surface area (Å²) in [5.41, 5.74) is 0. The SMILES string of the molecule is CC(C)CC(=O)Nc1ccc(O)cn1. The molecule has 0 aliphatic heterocycles. The van der Waals surface area contributed by atoms with Gasteiger partial charge in [-0.1, -0.05) is 13.8 Å². The Labute approximate surface area is 83.0 Å². The summed E-state index contributed by atoms with van der Waals surface area (Å²) in [5, 5.41) is 11.6. The van der Waals surface area contributed by atoms with Crippen LogP contribution in [0.3, 0.4) is 0 Å². The van der Waals surface area contributed by atoms with E-state index in [9.17, 15) is 4.79 Å². The summed E-state index contributed by atoms with van der Waals surface area (Å²) in [4.78, 5) is 15.1. The van der Waals surface area contributed by atoms with Gasteiger partial charge in [-0.25, -0.2) is 4.98 Å². The molecule has 0 aliphatic carbocycles. The van der Waals surface area contributed by atoms with Gasteiger partial charge in [0, 0.05) is 6.42 Å². The van der Waals surface area contributed by atoms with Gasteiger partial charge in [-0.2, -0.15) is 0 Å². The van der Waals surface area contributed by atoms with E-state index in [2.05, 4.69) is 10.3 Å². The van der Waals surface area contributed by atoms with Gasteiger partial charge in [-0.05, 0) is 18.1 Å². The van der Waals surface area contributed by atoms with E-state index in [-0.39, 0.29) is 11.7 Å². The van der Waals surface area contributed by atoms with E-state index in [0.29, 0.717) is 18.2 Å². The van der Waals surface area contributed by atoms with E-state index in [1.165, 1.54) is 12.3 Å². The Balaban J connectivity index is 2.52. The molecule has 4 nitrogen and oxygen atoms in total. The highest BCUT2D eigenvalue weighted by molar-refractivity contribution is 5.89. The molecule has 0 radical (unpaired) electrons. The summed E-state index contributed by atoms with van der Waals surface area (Å²) in [6.45, 7) is 3.95. The number of aromatic hydroxyl groups is 1. The van der Waals surface area contributed by atoms with E-state index in [4.69, 9.17) is 5.11 Å². The van der Waals surface area contributed by atoms with Gasteiger partial charge in [0.15, 0.2) is 0 Å². The summed E-state index contributed by atoms with van der Waals surface area (Å²) < 4.78 is 0. The van der Waals surface area contributed by atoms with Crippen LogP contribution in [0.4, 0.5) is 5.82 Å². The van der Waals surface area contributed by atoms with Crippen molar-refractivity contribution < 1.29 is 9.90 Å². The highest BCUT2D eigenvalue weighted by Crippen LogP contribution is 2.10. The lowest BCUT2D eigenvalue weighted by atomic mass is 10.1. The molecule has 0 spiro atoms. The largest absolute Gasteiger partial charge is 0.506 e. The van der Waals surface area contributed by atoms with Crippen LogP contribution in [0.15, 0.2) is 18.3 Å². The number of carbonyl (C=O) groups excluding carboxylic acids is 1. The Morgan fingerprint density at radius 2 is 2.29 bits per heavy atom. The second kappa shape index (κ2) is 4.60.